The summed E-state index contributed by atoms with van der Waals surface area (Å²) in [5, 5.41) is 14.5. The van der Waals surface area contributed by atoms with Gasteiger partial charge in [-0.15, -0.1) is 6.58 Å². The molecule has 1 unspecified atom stereocenters. The monoisotopic (exact) mass is 236 g/mol. The van der Waals surface area contributed by atoms with Gasteiger partial charge >= 0.3 is 0 Å². The molecule has 1 atom stereocenters. The summed E-state index contributed by atoms with van der Waals surface area (Å²) in [6, 6.07) is 1.98. The Morgan fingerprint density at radius 3 is 2.88 bits per heavy atom. The Labute approximate surface area is 104 Å². The van der Waals surface area contributed by atoms with Crippen molar-refractivity contribution in [3.05, 3.63) is 30.1 Å². The summed E-state index contributed by atoms with van der Waals surface area (Å²) in [5.41, 5.74) is 1.93. The van der Waals surface area contributed by atoms with E-state index in [0.717, 1.165) is 43.6 Å². The Morgan fingerprint density at radius 2 is 2.24 bits per heavy atom. The van der Waals surface area contributed by atoms with E-state index in [4.69, 9.17) is 0 Å². The molecule has 0 aromatic carbocycles. The van der Waals surface area contributed by atoms with Crippen LogP contribution in [0.3, 0.4) is 0 Å². The van der Waals surface area contributed by atoms with E-state index in [1.807, 2.05) is 30.7 Å². The molecule has 0 saturated heterocycles. The lowest BCUT2D eigenvalue weighted by Crippen LogP contribution is -2.07. The molecular weight excluding hydrogens is 212 g/mol. The predicted molar refractivity (Wildman–Crippen MR) is 70.9 cm³/mol. The molecule has 0 aliphatic carbocycles. The van der Waals surface area contributed by atoms with Crippen molar-refractivity contribution < 1.29 is 5.11 Å². The average Bonchev–Trinajstić information content (AvgIpc) is 2.70. The number of hydrogen-bond donors (Lipinski definition) is 1. The summed E-state index contributed by atoms with van der Waals surface area (Å²) in [5.74, 6) is 0. The number of aryl methyl sites for hydroxylation is 2. The lowest BCUT2D eigenvalue weighted by Gasteiger charge is -2.11. The maximum absolute atomic E-state index is 10.1. The Hall–Kier alpha value is -1.09. The van der Waals surface area contributed by atoms with Gasteiger partial charge in [-0.05, 0) is 39.2 Å². The first-order valence-corrected chi connectivity index (χ1v) is 6.52. The zero-order valence-corrected chi connectivity index (χ0v) is 11.0. The van der Waals surface area contributed by atoms with Crippen molar-refractivity contribution in [2.24, 2.45) is 0 Å². The van der Waals surface area contributed by atoms with E-state index < -0.39 is 0 Å². The SMILES string of the molecule is C=CCCCCCC(O)c1cc(C)nn1CC. The van der Waals surface area contributed by atoms with Crippen molar-refractivity contribution in [1.82, 2.24) is 9.78 Å². The first-order chi connectivity index (χ1) is 8.19. The molecular formula is C14H24N2O. The van der Waals surface area contributed by atoms with Gasteiger partial charge in [0.05, 0.1) is 17.5 Å². The van der Waals surface area contributed by atoms with Crippen LogP contribution in [0.5, 0.6) is 0 Å². The fourth-order valence-electron chi connectivity index (χ4n) is 2.04. The zero-order chi connectivity index (χ0) is 12.7. The lowest BCUT2D eigenvalue weighted by atomic mass is 10.1. The third-order valence-corrected chi connectivity index (χ3v) is 2.96. The minimum atomic E-state index is -0.375. The van der Waals surface area contributed by atoms with Gasteiger partial charge in [-0.25, -0.2) is 0 Å². The molecule has 1 rings (SSSR count). The summed E-state index contributed by atoms with van der Waals surface area (Å²) in [4.78, 5) is 0. The van der Waals surface area contributed by atoms with Gasteiger partial charge in [-0.3, -0.25) is 4.68 Å². The summed E-state index contributed by atoms with van der Waals surface area (Å²) in [7, 11) is 0. The van der Waals surface area contributed by atoms with Gasteiger partial charge in [0.25, 0.3) is 0 Å². The average molecular weight is 236 g/mol. The first-order valence-electron chi connectivity index (χ1n) is 6.52. The molecule has 96 valence electrons. The van der Waals surface area contributed by atoms with Gasteiger partial charge in [0.1, 0.15) is 0 Å². The van der Waals surface area contributed by atoms with E-state index >= 15 is 0 Å². The van der Waals surface area contributed by atoms with Crippen LogP contribution in [0.4, 0.5) is 0 Å². The number of aromatic nitrogens is 2. The third kappa shape index (κ3) is 4.35. The first kappa shape index (κ1) is 14.0. The highest BCUT2D eigenvalue weighted by molar-refractivity contribution is 5.11. The van der Waals surface area contributed by atoms with Gasteiger partial charge in [0, 0.05) is 6.54 Å². The Morgan fingerprint density at radius 1 is 1.47 bits per heavy atom. The predicted octanol–water partition coefficient (Wildman–Crippen LogP) is 3.38. The van der Waals surface area contributed by atoms with Gasteiger partial charge in [0.15, 0.2) is 0 Å². The Bertz CT molecular complexity index is 344. The minimum absolute atomic E-state index is 0.375. The number of aliphatic hydroxyl groups excluding tert-OH is 1. The second-order valence-corrected chi connectivity index (χ2v) is 4.47. The second kappa shape index (κ2) is 7.28. The standard InChI is InChI=1S/C14H24N2O/c1-4-6-7-8-9-10-14(17)13-11-12(3)15-16(13)5-2/h4,11,14,17H,1,5-10H2,2-3H3. The number of rotatable bonds is 8. The van der Waals surface area contributed by atoms with Crippen LogP contribution in [0.2, 0.25) is 0 Å². The molecule has 0 amide bonds. The number of unbranched alkanes of at least 4 members (excludes halogenated alkanes) is 3. The van der Waals surface area contributed by atoms with Crippen molar-refractivity contribution in [1.29, 1.82) is 0 Å². The topological polar surface area (TPSA) is 38.1 Å². The van der Waals surface area contributed by atoms with Crippen molar-refractivity contribution in [3.63, 3.8) is 0 Å². The zero-order valence-electron chi connectivity index (χ0n) is 11.0. The van der Waals surface area contributed by atoms with Crippen molar-refractivity contribution in [3.8, 4) is 0 Å². The molecule has 17 heavy (non-hydrogen) atoms. The van der Waals surface area contributed by atoms with E-state index in [1.165, 1.54) is 6.42 Å². The van der Waals surface area contributed by atoms with Gasteiger partial charge in [-0.1, -0.05) is 18.9 Å². The highest BCUT2D eigenvalue weighted by atomic mass is 16.3. The lowest BCUT2D eigenvalue weighted by molar-refractivity contribution is 0.152. The van der Waals surface area contributed by atoms with E-state index in [2.05, 4.69) is 11.7 Å². The van der Waals surface area contributed by atoms with Crippen molar-refractivity contribution in [2.75, 3.05) is 0 Å². The highest BCUT2D eigenvalue weighted by Gasteiger charge is 2.13. The van der Waals surface area contributed by atoms with E-state index in [9.17, 15) is 5.11 Å². The molecule has 1 heterocycles. The van der Waals surface area contributed by atoms with Crippen LogP contribution in [0.1, 0.15) is 56.5 Å². The molecule has 0 aliphatic heterocycles. The maximum Gasteiger partial charge on any atom is 0.0956 e. The Balaban J connectivity index is 2.40. The molecule has 0 bridgehead atoms. The number of nitrogens with zero attached hydrogens (tertiary/aromatic N) is 2. The van der Waals surface area contributed by atoms with Crippen LogP contribution in [0.15, 0.2) is 18.7 Å². The van der Waals surface area contributed by atoms with E-state index in [1.54, 1.807) is 0 Å². The summed E-state index contributed by atoms with van der Waals surface area (Å²) < 4.78 is 1.89. The third-order valence-electron chi connectivity index (χ3n) is 2.96. The normalized spacial score (nSPS) is 12.6. The van der Waals surface area contributed by atoms with Gasteiger partial charge in [0.2, 0.25) is 0 Å². The minimum Gasteiger partial charge on any atom is -0.387 e. The van der Waals surface area contributed by atoms with Crippen LogP contribution in [0.25, 0.3) is 0 Å². The summed E-state index contributed by atoms with van der Waals surface area (Å²) >= 11 is 0. The highest BCUT2D eigenvalue weighted by Crippen LogP contribution is 2.20. The smallest absolute Gasteiger partial charge is 0.0956 e. The summed E-state index contributed by atoms with van der Waals surface area (Å²) in [6.07, 6.45) is 6.85. The number of allylic oxidation sites excluding steroid dienone is 1. The Kier molecular flexibility index (Phi) is 5.98. The van der Waals surface area contributed by atoms with Crippen molar-refractivity contribution >= 4 is 0 Å². The molecule has 3 nitrogen and oxygen atoms in total. The summed E-state index contributed by atoms with van der Waals surface area (Å²) in [6.45, 7) is 8.53. The molecule has 1 aromatic rings. The van der Waals surface area contributed by atoms with Crippen LogP contribution in [-0.4, -0.2) is 14.9 Å². The molecule has 0 aliphatic rings. The molecule has 0 radical (unpaired) electrons. The van der Waals surface area contributed by atoms with Gasteiger partial charge in [-0.2, -0.15) is 5.10 Å². The van der Waals surface area contributed by atoms with E-state index in [0.29, 0.717) is 0 Å². The molecule has 0 saturated carbocycles. The number of hydrogen-bond acceptors (Lipinski definition) is 2. The van der Waals surface area contributed by atoms with Crippen LogP contribution < -0.4 is 0 Å². The van der Waals surface area contributed by atoms with Crippen LogP contribution in [-0.2, 0) is 6.54 Å². The maximum atomic E-state index is 10.1. The molecule has 0 spiro atoms. The molecule has 1 aromatic heterocycles. The molecule has 0 fully saturated rings. The van der Waals surface area contributed by atoms with E-state index in [-0.39, 0.29) is 6.10 Å². The fraction of sp³-hybridized carbons (Fsp3) is 0.643. The quantitative estimate of drug-likeness (QED) is 0.555. The molecule has 1 N–H and O–H groups in total. The number of aliphatic hydroxyl groups is 1. The van der Waals surface area contributed by atoms with Crippen LogP contribution in [0, 0.1) is 6.92 Å². The fourth-order valence-corrected chi connectivity index (χ4v) is 2.04. The molecule has 3 heteroatoms. The largest absolute Gasteiger partial charge is 0.387 e. The second-order valence-electron chi connectivity index (χ2n) is 4.47. The van der Waals surface area contributed by atoms with Crippen LogP contribution >= 0.6 is 0 Å². The van der Waals surface area contributed by atoms with Crippen molar-refractivity contribution in [2.45, 2.75) is 58.6 Å². The van der Waals surface area contributed by atoms with Gasteiger partial charge < -0.3 is 5.11 Å².